The van der Waals surface area contributed by atoms with Gasteiger partial charge in [0, 0.05) is 35.9 Å². The fourth-order valence-corrected chi connectivity index (χ4v) is 3.63. The maximum atomic E-state index is 10.5. The molecule has 4 rings (SSSR count). The first kappa shape index (κ1) is 17.9. The van der Waals surface area contributed by atoms with Gasteiger partial charge in [-0.1, -0.05) is 30.7 Å². The molecule has 0 bridgehead atoms. The summed E-state index contributed by atoms with van der Waals surface area (Å²) in [5.74, 6) is 0.737. The lowest BCUT2D eigenvalue weighted by atomic mass is 10.0. The maximum Gasteiger partial charge on any atom is 0.165 e. The van der Waals surface area contributed by atoms with Crippen LogP contribution in [0.4, 0.5) is 0 Å². The highest BCUT2D eigenvalue weighted by Crippen LogP contribution is 2.38. The van der Waals surface area contributed by atoms with Crippen LogP contribution in [0.3, 0.4) is 0 Å². The molecule has 1 aromatic heterocycles. The average molecular weight is 384 g/mol. The van der Waals surface area contributed by atoms with Crippen molar-refractivity contribution in [3.63, 3.8) is 0 Å². The van der Waals surface area contributed by atoms with Gasteiger partial charge < -0.3 is 9.84 Å². The Labute approximate surface area is 163 Å². The maximum absolute atomic E-state index is 10.5. The molecule has 1 aliphatic heterocycles. The number of hydrogen-bond donors (Lipinski definition) is 2. The number of phenols is 1. The smallest absolute Gasteiger partial charge is 0.165 e. The minimum atomic E-state index is 0.166. The van der Waals surface area contributed by atoms with E-state index in [0.29, 0.717) is 23.9 Å². The van der Waals surface area contributed by atoms with Crippen LogP contribution in [0.5, 0.6) is 11.5 Å². The minimum Gasteiger partial charge on any atom is -0.504 e. The van der Waals surface area contributed by atoms with Crippen LogP contribution in [0.25, 0.3) is 11.1 Å². The van der Waals surface area contributed by atoms with E-state index in [1.807, 2.05) is 24.3 Å². The monoisotopic (exact) mass is 383 g/mol. The summed E-state index contributed by atoms with van der Waals surface area (Å²) in [4.78, 5) is 2.29. The molecule has 0 atom stereocenters. The Balaban J connectivity index is 1.62. The molecule has 5 nitrogen and oxygen atoms in total. The van der Waals surface area contributed by atoms with Gasteiger partial charge in [0.25, 0.3) is 0 Å². The van der Waals surface area contributed by atoms with Crippen molar-refractivity contribution in [3.05, 3.63) is 64.4 Å². The fourth-order valence-electron chi connectivity index (χ4n) is 3.44. The van der Waals surface area contributed by atoms with Crippen molar-refractivity contribution < 1.29 is 9.84 Å². The number of hydrogen-bond acceptors (Lipinski definition) is 4. The largest absolute Gasteiger partial charge is 0.504 e. The van der Waals surface area contributed by atoms with Gasteiger partial charge in [-0.25, -0.2) is 0 Å². The zero-order valence-corrected chi connectivity index (χ0v) is 16.0. The molecule has 2 heterocycles. The van der Waals surface area contributed by atoms with Gasteiger partial charge in [0.1, 0.15) is 6.61 Å². The highest BCUT2D eigenvalue weighted by atomic mass is 35.5. The van der Waals surface area contributed by atoms with Crippen LogP contribution in [0.1, 0.15) is 23.9 Å². The second kappa shape index (κ2) is 7.62. The van der Waals surface area contributed by atoms with Crippen LogP contribution in [-0.4, -0.2) is 33.4 Å². The second-order valence-corrected chi connectivity index (χ2v) is 7.23. The van der Waals surface area contributed by atoms with Crippen molar-refractivity contribution in [1.29, 1.82) is 0 Å². The molecule has 1 aliphatic rings. The summed E-state index contributed by atoms with van der Waals surface area (Å²) in [6, 6.07) is 13.5. The number of nitrogens with zero attached hydrogens (tertiary/aromatic N) is 2. The molecule has 0 amide bonds. The molecule has 3 aromatic rings. The molecule has 27 heavy (non-hydrogen) atoms. The Kier molecular flexibility index (Phi) is 5.05. The van der Waals surface area contributed by atoms with Crippen LogP contribution in [0, 0.1) is 0 Å². The Hall–Kier alpha value is -2.50. The predicted molar refractivity (Wildman–Crippen MR) is 106 cm³/mol. The SMILES string of the molecule is CCc1cc(CN2CCOc3c(O)cc(-c4cccc(Cl)c4)cc3C2)[nH]n1. The molecule has 6 heteroatoms. The van der Waals surface area contributed by atoms with Crippen molar-refractivity contribution in [3.8, 4) is 22.6 Å². The number of benzene rings is 2. The number of phenolic OH excluding ortho intramolecular Hbond substituents is 1. The number of rotatable bonds is 4. The quantitative estimate of drug-likeness (QED) is 0.701. The average Bonchev–Trinajstić information content (AvgIpc) is 3.00. The fraction of sp³-hybridized carbons (Fsp3) is 0.286. The Morgan fingerprint density at radius 3 is 2.89 bits per heavy atom. The standard InChI is InChI=1S/C21H22ClN3O2/c1-2-18-11-19(24-23-18)13-25-6-7-27-21-16(12-25)8-15(10-20(21)26)14-4-3-5-17(22)9-14/h3-5,8-11,26H,2,6-7,12-13H2,1H3,(H,23,24). The normalized spacial score (nSPS) is 14.4. The zero-order chi connectivity index (χ0) is 18.8. The summed E-state index contributed by atoms with van der Waals surface area (Å²) in [7, 11) is 0. The van der Waals surface area contributed by atoms with E-state index in [0.717, 1.165) is 47.6 Å². The third-order valence-electron chi connectivity index (χ3n) is 4.79. The van der Waals surface area contributed by atoms with E-state index < -0.39 is 0 Å². The van der Waals surface area contributed by atoms with Gasteiger partial charge in [-0.2, -0.15) is 5.10 Å². The first-order chi connectivity index (χ1) is 13.1. The molecule has 0 unspecified atom stereocenters. The predicted octanol–water partition coefficient (Wildman–Crippen LogP) is 4.39. The first-order valence-electron chi connectivity index (χ1n) is 9.12. The summed E-state index contributed by atoms with van der Waals surface area (Å²) >= 11 is 6.13. The summed E-state index contributed by atoms with van der Waals surface area (Å²) < 4.78 is 5.84. The molecule has 0 radical (unpaired) electrons. The summed E-state index contributed by atoms with van der Waals surface area (Å²) in [5, 5.41) is 18.6. The second-order valence-electron chi connectivity index (χ2n) is 6.79. The van der Waals surface area contributed by atoms with Crippen molar-refractivity contribution in [2.75, 3.05) is 13.2 Å². The van der Waals surface area contributed by atoms with Crippen molar-refractivity contribution in [2.45, 2.75) is 26.4 Å². The molecular weight excluding hydrogens is 362 g/mol. The molecule has 2 N–H and O–H groups in total. The Morgan fingerprint density at radius 1 is 1.22 bits per heavy atom. The van der Waals surface area contributed by atoms with Gasteiger partial charge in [0.2, 0.25) is 0 Å². The number of halogens is 1. The van der Waals surface area contributed by atoms with E-state index in [1.165, 1.54) is 0 Å². The van der Waals surface area contributed by atoms with E-state index in [4.69, 9.17) is 16.3 Å². The number of H-pyrrole nitrogens is 1. The lowest BCUT2D eigenvalue weighted by molar-refractivity contribution is 0.215. The number of fused-ring (bicyclic) bond motifs is 1. The van der Waals surface area contributed by atoms with Gasteiger partial charge in [0.15, 0.2) is 11.5 Å². The van der Waals surface area contributed by atoms with Gasteiger partial charge >= 0.3 is 0 Å². The van der Waals surface area contributed by atoms with Crippen LogP contribution < -0.4 is 4.74 Å². The number of ether oxygens (including phenoxy) is 1. The van der Waals surface area contributed by atoms with Crippen molar-refractivity contribution in [2.24, 2.45) is 0 Å². The Morgan fingerprint density at radius 2 is 2.11 bits per heavy atom. The minimum absolute atomic E-state index is 0.166. The molecule has 0 spiro atoms. The summed E-state index contributed by atoms with van der Waals surface area (Å²) in [6.07, 6.45) is 0.916. The molecule has 2 aromatic carbocycles. The third-order valence-corrected chi connectivity index (χ3v) is 5.03. The lowest BCUT2D eigenvalue weighted by Gasteiger charge is -2.18. The van der Waals surface area contributed by atoms with Crippen LogP contribution in [0.2, 0.25) is 5.02 Å². The number of aromatic hydroxyl groups is 1. The van der Waals surface area contributed by atoms with E-state index in [-0.39, 0.29) is 5.75 Å². The van der Waals surface area contributed by atoms with Gasteiger partial charge in [0.05, 0.1) is 5.69 Å². The van der Waals surface area contributed by atoms with Crippen molar-refractivity contribution >= 4 is 11.6 Å². The number of nitrogens with one attached hydrogen (secondary N) is 1. The first-order valence-corrected chi connectivity index (χ1v) is 9.50. The highest BCUT2D eigenvalue weighted by Gasteiger charge is 2.20. The van der Waals surface area contributed by atoms with Crippen LogP contribution in [0.15, 0.2) is 42.5 Å². The highest BCUT2D eigenvalue weighted by molar-refractivity contribution is 6.30. The van der Waals surface area contributed by atoms with Crippen molar-refractivity contribution in [1.82, 2.24) is 15.1 Å². The summed E-state index contributed by atoms with van der Waals surface area (Å²) in [6.45, 7) is 4.86. The Bertz CT molecular complexity index is 954. The van der Waals surface area contributed by atoms with Gasteiger partial charge in [-0.05, 0) is 47.9 Å². The molecule has 0 fully saturated rings. The van der Waals surface area contributed by atoms with E-state index in [1.54, 1.807) is 6.07 Å². The summed E-state index contributed by atoms with van der Waals surface area (Å²) in [5.41, 5.74) is 5.02. The van der Waals surface area contributed by atoms with Gasteiger partial charge in [-0.3, -0.25) is 10.00 Å². The number of aryl methyl sites for hydroxylation is 1. The lowest BCUT2D eigenvalue weighted by Crippen LogP contribution is -2.25. The number of aromatic amines is 1. The molecule has 0 saturated carbocycles. The van der Waals surface area contributed by atoms with E-state index in [2.05, 4.69) is 34.2 Å². The van der Waals surface area contributed by atoms with E-state index >= 15 is 0 Å². The molecule has 0 saturated heterocycles. The van der Waals surface area contributed by atoms with E-state index in [9.17, 15) is 5.11 Å². The van der Waals surface area contributed by atoms with Crippen LogP contribution in [-0.2, 0) is 19.5 Å². The molecule has 140 valence electrons. The number of aromatic nitrogens is 2. The molecule has 0 aliphatic carbocycles. The van der Waals surface area contributed by atoms with Gasteiger partial charge in [-0.15, -0.1) is 0 Å². The van der Waals surface area contributed by atoms with Crippen LogP contribution >= 0.6 is 11.6 Å². The molecular formula is C21H22ClN3O2. The topological polar surface area (TPSA) is 61.4 Å². The zero-order valence-electron chi connectivity index (χ0n) is 15.2. The third kappa shape index (κ3) is 3.94.